The molecule has 2 nitrogen and oxygen atoms in total. The van der Waals surface area contributed by atoms with E-state index in [1.165, 1.54) is 4.88 Å². The van der Waals surface area contributed by atoms with Crippen molar-refractivity contribution in [3.63, 3.8) is 0 Å². The molecule has 0 aromatic carbocycles. The molecule has 0 aliphatic heterocycles. The normalized spacial score (nSPS) is 17.2. The van der Waals surface area contributed by atoms with Crippen molar-refractivity contribution >= 4 is 27.3 Å². The molecule has 3 atom stereocenters. The molecule has 1 heterocycles. The minimum absolute atomic E-state index is 0.182. The van der Waals surface area contributed by atoms with Crippen LogP contribution in [0.4, 0.5) is 0 Å². The van der Waals surface area contributed by atoms with Crippen LogP contribution in [0.5, 0.6) is 0 Å². The summed E-state index contributed by atoms with van der Waals surface area (Å²) in [5.74, 6) is 0.630. The highest BCUT2D eigenvalue weighted by Crippen LogP contribution is 2.33. The highest BCUT2D eigenvalue weighted by Gasteiger charge is 2.28. The van der Waals surface area contributed by atoms with Crippen LogP contribution in [0.2, 0.25) is 0 Å². The maximum absolute atomic E-state index is 6.35. The molecule has 1 rings (SSSR count). The Bertz CT molecular complexity index is 364. The molecule has 0 amide bonds. The van der Waals surface area contributed by atoms with Crippen molar-refractivity contribution < 1.29 is 0 Å². The Kier molecular flexibility index (Phi) is 6.31. The quantitative estimate of drug-likeness (QED) is 0.842. The summed E-state index contributed by atoms with van der Waals surface area (Å²) >= 11 is 5.33. The van der Waals surface area contributed by atoms with E-state index < -0.39 is 0 Å². The number of likely N-dealkylation sites (N-methyl/N-ethyl adjacent to an activating group) is 1. The van der Waals surface area contributed by atoms with Gasteiger partial charge in [0.1, 0.15) is 0 Å². The molecule has 3 unspecified atom stereocenters. The predicted octanol–water partition coefficient (Wildman–Crippen LogP) is 4.27. The molecule has 104 valence electrons. The predicted molar refractivity (Wildman–Crippen MR) is 85.1 cm³/mol. The van der Waals surface area contributed by atoms with Gasteiger partial charge in [-0.1, -0.05) is 20.8 Å². The molecule has 0 radical (unpaired) electrons. The first-order chi connectivity index (χ1) is 8.38. The van der Waals surface area contributed by atoms with Crippen LogP contribution in [0.15, 0.2) is 15.9 Å². The Morgan fingerprint density at radius 2 is 2.00 bits per heavy atom. The molecule has 2 N–H and O–H groups in total. The van der Waals surface area contributed by atoms with Gasteiger partial charge in [-0.25, -0.2) is 0 Å². The number of hydrogen-bond acceptors (Lipinski definition) is 3. The van der Waals surface area contributed by atoms with Gasteiger partial charge in [0.25, 0.3) is 0 Å². The highest BCUT2D eigenvalue weighted by molar-refractivity contribution is 9.10. The van der Waals surface area contributed by atoms with Gasteiger partial charge in [-0.05, 0) is 48.3 Å². The first-order valence-electron chi connectivity index (χ1n) is 6.59. The zero-order chi connectivity index (χ0) is 13.9. The Hall–Kier alpha value is 0.1000. The van der Waals surface area contributed by atoms with Crippen LogP contribution < -0.4 is 5.73 Å². The molecule has 0 saturated heterocycles. The zero-order valence-corrected chi connectivity index (χ0v) is 14.4. The van der Waals surface area contributed by atoms with Gasteiger partial charge in [0.05, 0.1) is 6.04 Å². The number of rotatable bonds is 6. The second kappa shape index (κ2) is 7.04. The average molecular weight is 333 g/mol. The zero-order valence-electron chi connectivity index (χ0n) is 12.0. The van der Waals surface area contributed by atoms with Crippen LogP contribution in [0.3, 0.4) is 0 Å². The van der Waals surface area contributed by atoms with Crippen molar-refractivity contribution in [2.75, 3.05) is 7.05 Å². The highest BCUT2D eigenvalue weighted by atomic mass is 79.9. The lowest BCUT2D eigenvalue weighted by atomic mass is 9.98. The van der Waals surface area contributed by atoms with Crippen LogP contribution in [-0.2, 0) is 0 Å². The summed E-state index contributed by atoms with van der Waals surface area (Å²) in [7, 11) is 2.19. The number of hydrogen-bond donors (Lipinski definition) is 1. The number of halogens is 1. The molecule has 4 heteroatoms. The maximum Gasteiger partial charge on any atom is 0.0593 e. The molecular formula is C14H25BrN2S. The Morgan fingerprint density at radius 1 is 1.39 bits per heavy atom. The van der Waals surface area contributed by atoms with Crippen molar-refractivity contribution in [3.8, 4) is 0 Å². The van der Waals surface area contributed by atoms with Crippen LogP contribution in [0.1, 0.15) is 45.0 Å². The third kappa shape index (κ3) is 3.80. The van der Waals surface area contributed by atoms with E-state index in [1.54, 1.807) is 11.3 Å². The molecule has 0 fully saturated rings. The maximum atomic E-state index is 6.35. The third-order valence-corrected chi connectivity index (χ3v) is 5.57. The van der Waals surface area contributed by atoms with E-state index in [4.69, 9.17) is 5.73 Å². The molecule has 18 heavy (non-hydrogen) atoms. The lowest BCUT2D eigenvalue weighted by Gasteiger charge is -2.37. The molecule has 0 spiro atoms. The smallest absolute Gasteiger partial charge is 0.0593 e. The summed E-state index contributed by atoms with van der Waals surface area (Å²) in [6, 6.07) is 3.22. The van der Waals surface area contributed by atoms with Crippen molar-refractivity contribution in [2.24, 2.45) is 11.7 Å². The lowest BCUT2D eigenvalue weighted by Crippen LogP contribution is -2.44. The summed E-state index contributed by atoms with van der Waals surface area (Å²) in [5.41, 5.74) is 6.35. The van der Waals surface area contributed by atoms with Gasteiger partial charge >= 0.3 is 0 Å². The fourth-order valence-electron chi connectivity index (χ4n) is 2.14. The van der Waals surface area contributed by atoms with Crippen LogP contribution in [0.25, 0.3) is 0 Å². The number of thiophene rings is 1. The van der Waals surface area contributed by atoms with Gasteiger partial charge in [-0.2, -0.15) is 0 Å². The van der Waals surface area contributed by atoms with Crippen molar-refractivity contribution in [3.05, 3.63) is 20.8 Å². The molecule has 0 aliphatic carbocycles. The van der Waals surface area contributed by atoms with E-state index in [0.29, 0.717) is 18.0 Å². The Labute approximate surface area is 124 Å². The number of nitrogens with two attached hydrogens (primary N) is 1. The lowest BCUT2D eigenvalue weighted by molar-refractivity contribution is 0.129. The fraction of sp³-hybridized carbons (Fsp3) is 0.714. The minimum atomic E-state index is 0.182. The van der Waals surface area contributed by atoms with E-state index in [0.717, 1.165) is 10.9 Å². The molecule has 0 aliphatic rings. The first-order valence-corrected chi connectivity index (χ1v) is 8.27. The Balaban J connectivity index is 2.98. The largest absolute Gasteiger partial charge is 0.326 e. The molecule has 0 saturated carbocycles. The van der Waals surface area contributed by atoms with Gasteiger partial charge < -0.3 is 5.73 Å². The second-order valence-electron chi connectivity index (χ2n) is 5.33. The second-order valence-corrected chi connectivity index (χ2v) is 7.19. The van der Waals surface area contributed by atoms with Crippen molar-refractivity contribution in [1.82, 2.24) is 4.90 Å². The summed E-state index contributed by atoms with van der Waals surface area (Å²) in [5, 5.41) is 2.14. The van der Waals surface area contributed by atoms with Gasteiger partial charge in [-0.3, -0.25) is 4.90 Å². The van der Waals surface area contributed by atoms with Gasteiger partial charge in [-0.15, -0.1) is 11.3 Å². The van der Waals surface area contributed by atoms with Gasteiger partial charge in [0.2, 0.25) is 0 Å². The number of nitrogens with zero attached hydrogens (tertiary/aromatic N) is 1. The van der Waals surface area contributed by atoms with Crippen LogP contribution in [0, 0.1) is 5.92 Å². The van der Waals surface area contributed by atoms with Gasteiger partial charge in [0.15, 0.2) is 0 Å². The first kappa shape index (κ1) is 16.2. The summed E-state index contributed by atoms with van der Waals surface area (Å²) in [6.07, 6.45) is 0.995. The molecular weight excluding hydrogens is 308 g/mol. The summed E-state index contributed by atoms with van der Waals surface area (Å²) in [4.78, 5) is 3.78. The minimum Gasteiger partial charge on any atom is -0.326 e. The molecule has 1 aromatic rings. The summed E-state index contributed by atoms with van der Waals surface area (Å²) < 4.78 is 1.15. The fourth-order valence-corrected chi connectivity index (χ4v) is 3.81. The Morgan fingerprint density at radius 3 is 2.39 bits per heavy atom. The standard InChI is InChI=1S/C14H25BrN2S/c1-6-12(16)14(13-7-11(15)8-18-13)17(5)10(4)9(2)3/h7-10,12,14H,6,16H2,1-5H3. The van der Waals surface area contributed by atoms with Crippen molar-refractivity contribution in [2.45, 2.75) is 52.2 Å². The summed E-state index contributed by atoms with van der Waals surface area (Å²) in [6.45, 7) is 8.97. The van der Waals surface area contributed by atoms with Crippen LogP contribution >= 0.6 is 27.3 Å². The van der Waals surface area contributed by atoms with Gasteiger partial charge in [0, 0.05) is 26.8 Å². The van der Waals surface area contributed by atoms with E-state index in [-0.39, 0.29) is 6.04 Å². The average Bonchev–Trinajstić information content (AvgIpc) is 2.74. The third-order valence-electron chi connectivity index (χ3n) is 3.80. The van der Waals surface area contributed by atoms with E-state index in [9.17, 15) is 0 Å². The molecule has 1 aromatic heterocycles. The van der Waals surface area contributed by atoms with E-state index in [1.807, 2.05) is 0 Å². The van der Waals surface area contributed by atoms with Crippen LogP contribution in [-0.4, -0.2) is 24.0 Å². The van der Waals surface area contributed by atoms with E-state index >= 15 is 0 Å². The monoisotopic (exact) mass is 332 g/mol. The topological polar surface area (TPSA) is 29.3 Å². The van der Waals surface area contributed by atoms with E-state index in [2.05, 4.69) is 67.0 Å². The molecule has 0 bridgehead atoms. The van der Waals surface area contributed by atoms with Crippen molar-refractivity contribution in [1.29, 1.82) is 0 Å². The SMILES string of the molecule is CCC(N)C(c1cc(Br)cs1)N(C)C(C)C(C)C.